The first kappa shape index (κ1) is 26.6. The van der Waals surface area contributed by atoms with Gasteiger partial charge in [-0.3, -0.25) is 4.79 Å². The molecule has 0 spiro atoms. The van der Waals surface area contributed by atoms with E-state index in [1.54, 1.807) is 12.1 Å². The van der Waals surface area contributed by atoms with Crippen molar-refractivity contribution in [2.24, 2.45) is 5.92 Å². The van der Waals surface area contributed by atoms with Gasteiger partial charge in [-0.25, -0.2) is 4.98 Å². The number of hydrogen-bond acceptors (Lipinski definition) is 4. The molecule has 1 saturated carbocycles. The van der Waals surface area contributed by atoms with E-state index in [9.17, 15) is 9.90 Å². The van der Waals surface area contributed by atoms with E-state index < -0.39 is 0 Å². The number of para-hydroxylation sites is 1. The average molecular weight is 543 g/mol. The van der Waals surface area contributed by atoms with Gasteiger partial charge in [0, 0.05) is 29.2 Å². The number of carbonyl (C=O) groups excluding carboxylic acids is 1. The minimum absolute atomic E-state index is 0.0991. The molecule has 1 aromatic heterocycles. The lowest BCUT2D eigenvalue weighted by atomic mass is 9.89. The van der Waals surface area contributed by atoms with Crippen molar-refractivity contribution in [1.29, 1.82) is 0 Å². The number of amides is 1. The molecule has 5 aromatic rings. The summed E-state index contributed by atoms with van der Waals surface area (Å²) in [5.74, 6) is 2.40. The van der Waals surface area contributed by atoms with Crippen molar-refractivity contribution in [3.63, 3.8) is 0 Å². The Morgan fingerprint density at radius 1 is 0.854 bits per heavy atom. The molecule has 0 aliphatic heterocycles. The maximum Gasteiger partial charge on any atom is 0.251 e. The number of phenolic OH excluding ortho intramolecular Hbond substituents is 1. The molecular formula is C36H34N2O3. The van der Waals surface area contributed by atoms with Crippen LogP contribution in [-0.2, 0) is 12.8 Å². The first-order chi connectivity index (χ1) is 20.2. The van der Waals surface area contributed by atoms with Crippen molar-refractivity contribution in [3.8, 4) is 28.3 Å². The second-order valence-corrected chi connectivity index (χ2v) is 10.8. The molecule has 0 radical (unpaired) electrons. The fourth-order valence-electron chi connectivity index (χ4n) is 5.96. The molecule has 206 valence electrons. The largest absolute Gasteiger partial charge is 0.508 e. The molecule has 4 aromatic carbocycles. The molecule has 0 bridgehead atoms. The van der Waals surface area contributed by atoms with Gasteiger partial charge in [0.2, 0.25) is 0 Å². The van der Waals surface area contributed by atoms with Crippen LogP contribution in [0.3, 0.4) is 0 Å². The highest BCUT2D eigenvalue weighted by Crippen LogP contribution is 2.44. The summed E-state index contributed by atoms with van der Waals surface area (Å²) in [7, 11) is 0. The lowest BCUT2D eigenvalue weighted by Crippen LogP contribution is -2.25. The number of oxazole rings is 1. The van der Waals surface area contributed by atoms with E-state index >= 15 is 0 Å². The van der Waals surface area contributed by atoms with Gasteiger partial charge in [-0.05, 0) is 60.9 Å². The van der Waals surface area contributed by atoms with Crippen molar-refractivity contribution >= 4 is 5.91 Å². The molecule has 2 atom stereocenters. The molecule has 5 nitrogen and oxygen atoms in total. The van der Waals surface area contributed by atoms with Gasteiger partial charge in [0.05, 0.1) is 0 Å². The Hall–Kier alpha value is -4.64. The van der Waals surface area contributed by atoms with E-state index in [-0.39, 0.29) is 17.6 Å². The van der Waals surface area contributed by atoms with Gasteiger partial charge < -0.3 is 14.8 Å². The molecule has 41 heavy (non-hydrogen) atoms. The summed E-state index contributed by atoms with van der Waals surface area (Å²) in [6.45, 7) is 0.461. The fourth-order valence-corrected chi connectivity index (χ4v) is 5.96. The molecule has 2 N–H and O–H groups in total. The second-order valence-electron chi connectivity index (χ2n) is 10.8. The van der Waals surface area contributed by atoms with Gasteiger partial charge in [-0.2, -0.15) is 0 Å². The van der Waals surface area contributed by atoms with Crippen LogP contribution >= 0.6 is 0 Å². The molecule has 6 rings (SSSR count). The Balaban J connectivity index is 1.18. The number of nitrogens with one attached hydrogen (secondary N) is 1. The number of benzene rings is 4. The monoisotopic (exact) mass is 542 g/mol. The van der Waals surface area contributed by atoms with Gasteiger partial charge in [-0.1, -0.05) is 97.4 Å². The zero-order valence-corrected chi connectivity index (χ0v) is 23.0. The first-order valence-corrected chi connectivity index (χ1v) is 14.4. The van der Waals surface area contributed by atoms with Gasteiger partial charge in [0.25, 0.3) is 5.91 Å². The lowest BCUT2D eigenvalue weighted by Gasteiger charge is -2.17. The summed E-state index contributed by atoms with van der Waals surface area (Å²) in [4.78, 5) is 18.0. The van der Waals surface area contributed by atoms with Gasteiger partial charge in [0.1, 0.15) is 11.4 Å². The van der Waals surface area contributed by atoms with Crippen molar-refractivity contribution in [2.45, 2.75) is 38.0 Å². The topological polar surface area (TPSA) is 75.4 Å². The molecule has 5 heteroatoms. The molecule has 1 amide bonds. The summed E-state index contributed by atoms with van der Waals surface area (Å²) in [6, 6.07) is 35.6. The number of phenols is 1. The second kappa shape index (κ2) is 12.3. The van der Waals surface area contributed by atoms with E-state index in [1.165, 1.54) is 0 Å². The highest BCUT2D eigenvalue weighted by Gasteiger charge is 2.33. The Morgan fingerprint density at radius 2 is 1.59 bits per heavy atom. The fraction of sp³-hybridized carbons (Fsp3) is 0.222. The Bertz CT molecular complexity index is 1550. The minimum atomic E-state index is -0.0991. The normalized spacial score (nSPS) is 16.5. The van der Waals surface area contributed by atoms with Crippen molar-refractivity contribution in [3.05, 3.63) is 132 Å². The summed E-state index contributed by atoms with van der Waals surface area (Å²) in [6.07, 6.45) is 4.72. The van der Waals surface area contributed by atoms with Crippen LogP contribution in [0.4, 0.5) is 0 Å². The van der Waals surface area contributed by atoms with Crippen molar-refractivity contribution in [2.75, 3.05) is 6.54 Å². The molecule has 1 heterocycles. The Labute approximate surface area is 240 Å². The minimum Gasteiger partial charge on any atom is -0.508 e. The van der Waals surface area contributed by atoms with Crippen LogP contribution in [0, 0.1) is 5.92 Å². The van der Waals surface area contributed by atoms with E-state index in [4.69, 9.17) is 9.40 Å². The van der Waals surface area contributed by atoms with E-state index in [2.05, 4.69) is 35.6 Å². The van der Waals surface area contributed by atoms with Crippen LogP contribution in [0.15, 0.2) is 114 Å². The molecule has 1 aliphatic carbocycles. The number of hydrogen-bond donors (Lipinski definition) is 2. The summed E-state index contributed by atoms with van der Waals surface area (Å²) in [5, 5.41) is 13.0. The highest BCUT2D eigenvalue weighted by molar-refractivity contribution is 5.94. The third-order valence-corrected chi connectivity index (χ3v) is 8.06. The predicted octanol–water partition coefficient (Wildman–Crippen LogP) is 7.81. The maximum atomic E-state index is 12.9. The smallest absolute Gasteiger partial charge is 0.251 e. The van der Waals surface area contributed by atoms with E-state index in [0.29, 0.717) is 24.4 Å². The van der Waals surface area contributed by atoms with Crippen LogP contribution in [0.25, 0.3) is 22.6 Å². The van der Waals surface area contributed by atoms with Crippen LogP contribution in [0.5, 0.6) is 5.75 Å². The first-order valence-electron chi connectivity index (χ1n) is 14.4. The zero-order valence-electron chi connectivity index (χ0n) is 23.0. The van der Waals surface area contributed by atoms with Crippen LogP contribution in [0.1, 0.15) is 52.6 Å². The van der Waals surface area contributed by atoms with E-state index in [1.807, 2.05) is 66.7 Å². The van der Waals surface area contributed by atoms with Crippen molar-refractivity contribution in [1.82, 2.24) is 10.3 Å². The number of rotatable bonds is 9. The molecule has 0 unspecified atom stereocenters. The predicted molar refractivity (Wildman–Crippen MR) is 162 cm³/mol. The molecule has 1 fully saturated rings. The molecule has 1 aliphatic rings. The Kier molecular flexibility index (Phi) is 7.94. The van der Waals surface area contributed by atoms with E-state index in [0.717, 1.165) is 65.3 Å². The van der Waals surface area contributed by atoms with Crippen molar-refractivity contribution < 1.29 is 14.3 Å². The third-order valence-electron chi connectivity index (χ3n) is 8.06. The SMILES string of the molecule is O=C(NCCc1ccccc1O)c1cccc(C[C@@H]2CCC[C@H]2c2nc(-c3ccccc3)c(-c3ccccc3)o2)c1. The van der Waals surface area contributed by atoms with Crippen LogP contribution in [0.2, 0.25) is 0 Å². The number of aromatic hydroxyl groups is 1. The summed E-state index contributed by atoms with van der Waals surface area (Å²) >= 11 is 0. The summed E-state index contributed by atoms with van der Waals surface area (Å²) < 4.78 is 6.57. The average Bonchev–Trinajstić information content (AvgIpc) is 3.66. The molecular weight excluding hydrogens is 508 g/mol. The van der Waals surface area contributed by atoms with Gasteiger partial charge in [-0.15, -0.1) is 0 Å². The number of aromatic nitrogens is 1. The third kappa shape index (κ3) is 6.09. The number of carbonyl (C=O) groups is 1. The lowest BCUT2D eigenvalue weighted by molar-refractivity contribution is 0.0954. The quantitative estimate of drug-likeness (QED) is 0.199. The van der Waals surface area contributed by atoms with Gasteiger partial charge in [0.15, 0.2) is 11.7 Å². The summed E-state index contributed by atoms with van der Waals surface area (Å²) in [5.41, 5.74) is 5.60. The van der Waals surface area contributed by atoms with Crippen LogP contribution < -0.4 is 5.32 Å². The zero-order chi connectivity index (χ0) is 28.0. The highest BCUT2D eigenvalue weighted by atomic mass is 16.4. The standard InChI is InChI=1S/C36H34N2O3/c39-32-20-8-7-12-26(32)21-22-37-35(40)30-18-9-11-25(24-30)23-29-17-10-19-31(29)36-38-33(27-13-3-1-4-14-27)34(41-36)28-15-5-2-6-16-28/h1-9,11-16,18,20,24,29,31,39H,10,17,19,21-23H2,(H,37,40)/t29-,31+/m0/s1. The maximum absolute atomic E-state index is 12.9. The Morgan fingerprint density at radius 3 is 2.37 bits per heavy atom. The van der Waals surface area contributed by atoms with Crippen LogP contribution in [-0.4, -0.2) is 22.5 Å². The van der Waals surface area contributed by atoms with Gasteiger partial charge >= 0.3 is 0 Å². The molecule has 0 saturated heterocycles. The number of nitrogens with zero attached hydrogens (tertiary/aromatic N) is 1.